The van der Waals surface area contributed by atoms with Crippen LogP contribution in [0.1, 0.15) is 34.4 Å². The highest BCUT2D eigenvalue weighted by molar-refractivity contribution is 7.05. The maximum atomic E-state index is 12.8. The van der Waals surface area contributed by atoms with Crippen molar-refractivity contribution in [3.63, 3.8) is 0 Å². The van der Waals surface area contributed by atoms with Crippen LogP contribution in [-0.2, 0) is 13.6 Å². The summed E-state index contributed by atoms with van der Waals surface area (Å²) in [5.74, 6) is 0.847. The Bertz CT molecular complexity index is 1310. The number of fused-ring (bicyclic) bond motifs is 1. The predicted molar refractivity (Wildman–Crippen MR) is 118 cm³/mol. The molecule has 0 bridgehead atoms. The third kappa shape index (κ3) is 3.40. The molecular formula is C20H23N9O2S. The lowest BCUT2D eigenvalue weighted by molar-refractivity contribution is 0.0765. The van der Waals surface area contributed by atoms with Gasteiger partial charge in [0.15, 0.2) is 22.7 Å². The zero-order valence-electron chi connectivity index (χ0n) is 18.3. The number of ether oxygens (including phenoxy) is 1. The number of likely N-dealkylation sites (tertiary alicyclic amines) is 1. The smallest absolute Gasteiger partial charge is 0.275 e. The van der Waals surface area contributed by atoms with Gasteiger partial charge >= 0.3 is 0 Å². The van der Waals surface area contributed by atoms with E-state index in [0.717, 1.165) is 22.7 Å². The minimum absolute atomic E-state index is 0.115. The van der Waals surface area contributed by atoms with E-state index >= 15 is 0 Å². The van der Waals surface area contributed by atoms with Crippen molar-refractivity contribution in [1.29, 1.82) is 0 Å². The molecule has 0 aliphatic carbocycles. The number of carbonyl (C=O) groups is 1. The number of nitrogens with zero attached hydrogens (tertiary/aromatic N) is 9. The van der Waals surface area contributed by atoms with E-state index in [1.165, 1.54) is 11.5 Å². The molecule has 5 rings (SSSR count). The van der Waals surface area contributed by atoms with Gasteiger partial charge in [0.2, 0.25) is 5.88 Å². The van der Waals surface area contributed by atoms with E-state index in [0.29, 0.717) is 48.1 Å². The molecule has 1 atom stereocenters. The largest absolute Gasteiger partial charge is 0.471 e. The summed E-state index contributed by atoms with van der Waals surface area (Å²) in [4.78, 5) is 29.2. The van der Waals surface area contributed by atoms with Gasteiger partial charge in [0.25, 0.3) is 5.91 Å². The lowest BCUT2D eigenvalue weighted by Crippen LogP contribution is -2.31. The fraction of sp³-hybridized carbons (Fsp3) is 0.450. The van der Waals surface area contributed by atoms with Crippen LogP contribution in [0.2, 0.25) is 0 Å². The van der Waals surface area contributed by atoms with Gasteiger partial charge in [-0.2, -0.15) is 10.1 Å². The first-order valence-electron chi connectivity index (χ1n) is 10.4. The summed E-state index contributed by atoms with van der Waals surface area (Å²) in [6.07, 6.45) is 3.97. The van der Waals surface area contributed by atoms with Crippen LogP contribution < -0.4 is 4.74 Å². The Morgan fingerprint density at radius 1 is 1.31 bits per heavy atom. The van der Waals surface area contributed by atoms with Crippen LogP contribution >= 0.6 is 11.5 Å². The highest BCUT2D eigenvalue weighted by atomic mass is 32.1. The fourth-order valence-corrected chi connectivity index (χ4v) is 4.37. The number of hydrogen-bond donors (Lipinski definition) is 0. The quantitative estimate of drug-likeness (QED) is 0.450. The lowest BCUT2D eigenvalue weighted by atomic mass is 10.2. The molecule has 4 aromatic rings. The van der Waals surface area contributed by atoms with Gasteiger partial charge in [0, 0.05) is 32.3 Å². The van der Waals surface area contributed by atoms with E-state index in [4.69, 9.17) is 14.7 Å². The highest BCUT2D eigenvalue weighted by Gasteiger charge is 2.31. The number of aryl methyl sites for hydroxylation is 3. The van der Waals surface area contributed by atoms with Crippen molar-refractivity contribution in [2.45, 2.75) is 39.8 Å². The van der Waals surface area contributed by atoms with Gasteiger partial charge in [-0.25, -0.2) is 9.97 Å². The van der Waals surface area contributed by atoms with Crippen molar-refractivity contribution in [3.05, 3.63) is 28.8 Å². The standard InChI is InChI=1S/C20H23N9O2S/c1-5-29-11(2)14(8-22-29)17-23-18-16(21-10-27(18)4)19(24-17)31-13-6-7-28(9-13)20(30)15-12(3)32-26-25-15/h8,10,13H,5-7,9H2,1-4H3. The second-order valence-corrected chi connectivity index (χ2v) is 8.76. The summed E-state index contributed by atoms with van der Waals surface area (Å²) in [5, 5.41) is 8.38. The molecule has 166 valence electrons. The Balaban J connectivity index is 1.43. The zero-order valence-corrected chi connectivity index (χ0v) is 19.1. The molecule has 1 aliphatic rings. The lowest BCUT2D eigenvalue weighted by Gasteiger charge is -2.16. The van der Waals surface area contributed by atoms with Crippen molar-refractivity contribution in [2.24, 2.45) is 7.05 Å². The summed E-state index contributed by atoms with van der Waals surface area (Å²) < 4.78 is 13.9. The Hall–Kier alpha value is -3.41. The number of hydrogen-bond acceptors (Lipinski definition) is 9. The molecule has 1 saturated heterocycles. The molecule has 1 fully saturated rings. The van der Waals surface area contributed by atoms with Crippen molar-refractivity contribution in [2.75, 3.05) is 13.1 Å². The Labute approximate surface area is 188 Å². The number of rotatable bonds is 5. The minimum Gasteiger partial charge on any atom is -0.471 e. The molecule has 1 aliphatic heterocycles. The maximum absolute atomic E-state index is 12.8. The average molecular weight is 454 g/mol. The summed E-state index contributed by atoms with van der Waals surface area (Å²) in [6, 6.07) is 0. The number of imidazole rings is 1. The summed E-state index contributed by atoms with van der Waals surface area (Å²) in [7, 11) is 1.89. The Morgan fingerprint density at radius 3 is 2.88 bits per heavy atom. The van der Waals surface area contributed by atoms with E-state index in [9.17, 15) is 4.79 Å². The SMILES string of the molecule is CCn1ncc(-c2nc(OC3CCN(C(=O)c4nnsc4C)C3)c3ncn(C)c3n2)c1C. The molecule has 4 aromatic heterocycles. The van der Waals surface area contributed by atoms with Gasteiger partial charge in [-0.15, -0.1) is 5.10 Å². The maximum Gasteiger partial charge on any atom is 0.275 e. The van der Waals surface area contributed by atoms with Gasteiger partial charge in [-0.3, -0.25) is 9.48 Å². The fourth-order valence-electron chi connectivity index (χ4n) is 3.91. The van der Waals surface area contributed by atoms with Crippen LogP contribution in [0.5, 0.6) is 5.88 Å². The van der Waals surface area contributed by atoms with Crippen LogP contribution in [0.25, 0.3) is 22.6 Å². The second kappa shape index (κ2) is 7.93. The zero-order chi connectivity index (χ0) is 22.4. The van der Waals surface area contributed by atoms with E-state index in [1.807, 2.05) is 37.1 Å². The van der Waals surface area contributed by atoms with Crippen LogP contribution in [-0.4, -0.2) is 68.9 Å². The van der Waals surface area contributed by atoms with E-state index in [-0.39, 0.29) is 12.0 Å². The molecule has 32 heavy (non-hydrogen) atoms. The molecular weight excluding hydrogens is 430 g/mol. The van der Waals surface area contributed by atoms with Gasteiger partial charge in [0.1, 0.15) is 6.10 Å². The van der Waals surface area contributed by atoms with Crippen molar-refractivity contribution < 1.29 is 9.53 Å². The number of amides is 1. The topological polar surface area (TPSA) is 117 Å². The van der Waals surface area contributed by atoms with Crippen LogP contribution in [0.3, 0.4) is 0 Å². The van der Waals surface area contributed by atoms with Crippen molar-refractivity contribution in [1.82, 2.24) is 43.8 Å². The molecule has 0 N–H and O–H groups in total. The molecule has 11 nitrogen and oxygen atoms in total. The summed E-state index contributed by atoms with van der Waals surface area (Å²) >= 11 is 1.23. The first-order valence-corrected chi connectivity index (χ1v) is 11.2. The second-order valence-electron chi connectivity index (χ2n) is 7.80. The predicted octanol–water partition coefficient (Wildman–Crippen LogP) is 2.01. The molecule has 12 heteroatoms. The third-order valence-electron chi connectivity index (χ3n) is 5.74. The molecule has 0 aromatic carbocycles. The average Bonchev–Trinajstić information content (AvgIpc) is 3.56. The van der Waals surface area contributed by atoms with Crippen LogP contribution in [0.4, 0.5) is 0 Å². The van der Waals surface area contributed by atoms with E-state index in [1.54, 1.807) is 17.4 Å². The molecule has 1 unspecified atom stereocenters. The van der Waals surface area contributed by atoms with Gasteiger partial charge in [-0.05, 0) is 32.3 Å². The first-order chi connectivity index (χ1) is 15.5. The first kappa shape index (κ1) is 20.5. The van der Waals surface area contributed by atoms with Crippen molar-refractivity contribution in [3.8, 4) is 17.3 Å². The van der Waals surface area contributed by atoms with Gasteiger partial charge in [-0.1, -0.05) is 4.49 Å². The van der Waals surface area contributed by atoms with Crippen LogP contribution in [0.15, 0.2) is 12.5 Å². The molecule has 0 saturated carbocycles. The number of carbonyl (C=O) groups excluding carboxylic acids is 1. The van der Waals surface area contributed by atoms with Crippen LogP contribution in [0, 0.1) is 13.8 Å². The van der Waals surface area contributed by atoms with Gasteiger partial charge < -0.3 is 14.2 Å². The molecule has 1 amide bonds. The Kier molecular flexibility index (Phi) is 5.08. The molecule has 5 heterocycles. The normalized spacial score (nSPS) is 16.2. The monoisotopic (exact) mass is 453 g/mol. The Morgan fingerprint density at radius 2 is 2.16 bits per heavy atom. The summed E-state index contributed by atoms with van der Waals surface area (Å²) in [5.41, 5.74) is 3.54. The van der Waals surface area contributed by atoms with E-state index in [2.05, 4.69) is 19.7 Å². The van der Waals surface area contributed by atoms with Crippen molar-refractivity contribution >= 4 is 28.6 Å². The third-order valence-corrected chi connectivity index (χ3v) is 6.37. The number of aromatic nitrogens is 8. The molecule has 0 radical (unpaired) electrons. The highest BCUT2D eigenvalue weighted by Crippen LogP contribution is 2.29. The summed E-state index contributed by atoms with van der Waals surface area (Å²) in [6.45, 7) is 7.70. The molecule has 0 spiro atoms. The van der Waals surface area contributed by atoms with Gasteiger partial charge in [0.05, 0.1) is 29.5 Å². The van der Waals surface area contributed by atoms with E-state index < -0.39 is 0 Å². The minimum atomic E-state index is -0.196.